The molecule has 2 aliphatic carbocycles. The standard InChI is InChI=1S/C21H21ClFNO4S/c22-16-4-11-20(28-29(26,27)19-9-5-17(23)6-10-19)15(12-16)13-24(18-7-8-18)21(25)14-2-1-3-14/h4-6,9-12,14,18H,1-3,7-8,13H2. The average molecular weight is 438 g/mol. The van der Waals surface area contributed by atoms with Crippen molar-refractivity contribution in [1.82, 2.24) is 4.90 Å². The Morgan fingerprint density at radius 2 is 1.79 bits per heavy atom. The van der Waals surface area contributed by atoms with Crippen LogP contribution in [0.2, 0.25) is 5.02 Å². The minimum atomic E-state index is -4.15. The van der Waals surface area contributed by atoms with Crippen LogP contribution in [0, 0.1) is 11.7 Å². The fourth-order valence-electron chi connectivity index (χ4n) is 3.37. The van der Waals surface area contributed by atoms with Crippen molar-refractivity contribution in [3.05, 3.63) is 58.9 Å². The first-order valence-electron chi connectivity index (χ1n) is 9.62. The average Bonchev–Trinajstić information content (AvgIpc) is 3.45. The fraction of sp³-hybridized carbons (Fsp3) is 0.381. The molecule has 0 spiro atoms. The van der Waals surface area contributed by atoms with E-state index in [1.165, 1.54) is 12.1 Å². The van der Waals surface area contributed by atoms with Crippen LogP contribution in [0.1, 0.15) is 37.7 Å². The predicted molar refractivity (Wildman–Crippen MR) is 107 cm³/mol. The summed E-state index contributed by atoms with van der Waals surface area (Å²) < 4.78 is 43.7. The zero-order chi connectivity index (χ0) is 20.6. The maximum absolute atomic E-state index is 13.1. The van der Waals surface area contributed by atoms with E-state index in [0.29, 0.717) is 10.6 Å². The summed E-state index contributed by atoms with van der Waals surface area (Å²) in [5.41, 5.74) is 0.530. The zero-order valence-electron chi connectivity index (χ0n) is 15.7. The van der Waals surface area contributed by atoms with Crippen molar-refractivity contribution >= 4 is 27.6 Å². The molecule has 0 aromatic heterocycles. The van der Waals surface area contributed by atoms with Crippen molar-refractivity contribution in [2.75, 3.05) is 0 Å². The summed E-state index contributed by atoms with van der Waals surface area (Å²) in [5, 5.41) is 0.429. The van der Waals surface area contributed by atoms with Gasteiger partial charge in [0.05, 0.1) is 0 Å². The number of carbonyl (C=O) groups excluding carboxylic acids is 1. The first-order valence-corrected chi connectivity index (χ1v) is 11.4. The number of amides is 1. The molecule has 0 aliphatic heterocycles. The predicted octanol–water partition coefficient (Wildman–Crippen LogP) is 4.54. The van der Waals surface area contributed by atoms with E-state index in [-0.39, 0.29) is 35.1 Å². The van der Waals surface area contributed by atoms with Gasteiger partial charge in [0.2, 0.25) is 5.91 Å². The van der Waals surface area contributed by atoms with Crippen LogP contribution in [-0.2, 0) is 21.5 Å². The van der Waals surface area contributed by atoms with E-state index in [0.717, 1.165) is 56.4 Å². The van der Waals surface area contributed by atoms with E-state index in [1.54, 1.807) is 6.07 Å². The quantitative estimate of drug-likeness (QED) is 0.596. The van der Waals surface area contributed by atoms with Gasteiger partial charge in [0.15, 0.2) is 0 Å². The zero-order valence-corrected chi connectivity index (χ0v) is 17.3. The molecule has 2 aliphatic rings. The lowest BCUT2D eigenvalue weighted by atomic mass is 9.84. The van der Waals surface area contributed by atoms with E-state index in [9.17, 15) is 17.6 Å². The van der Waals surface area contributed by atoms with Gasteiger partial charge in [0, 0.05) is 29.1 Å². The molecule has 0 bridgehead atoms. The van der Waals surface area contributed by atoms with Crippen LogP contribution in [0.25, 0.3) is 0 Å². The lowest BCUT2D eigenvalue weighted by molar-refractivity contribution is -0.139. The molecular formula is C21H21ClFNO4S. The molecule has 0 heterocycles. The van der Waals surface area contributed by atoms with Gasteiger partial charge in [-0.05, 0) is 68.1 Å². The van der Waals surface area contributed by atoms with Crippen LogP contribution >= 0.6 is 11.6 Å². The Morgan fingerprint density at radius 1 is 1.10 bits per heavy atom. The Balaban J connectivity index is 1.60. The first-order chi connectivity index (χ1) is 13.8. The number of carbonyl (C=O) groups is 1. The molecule has 0 radical (unpaired) electrons. The largest absolute Gasteiger partial charge is 0.379 e. The summed E-state index contributed by atoms with van der Waals surface area (Å²) in [6.07, 6.45) is 4.77. The lowest BCUT2D eigenvalue weighted by Gasteiger charge is -2.32. The summed E-state index contributed by atoms with van der Waals surface area (Å²) in [7, 11) is -4.15. The monoisotopic (exact) mass is 437 g/mol. The fourth-order valence-corrected chi connectivity index (χ4v) is 4.53. The van der Waals surface area contributed by atoms with Gasteiger partial charge in [-0.2, -0.15) is 8.42 Å². The Hall–Kier alpha value is -2.12. The molecule has 1 amide bonds. The van der Waals surface area contributed by atoms with E-state index in [4.69, 9.17) is 15.8 Å². The van der Waals surface area contributed by atoms with Gasteiger partial charge < -0.3 is 9.08 Å². The number of halogens is 2. The summed E-state index contributed by atoms with van der Waals surface area (Å²) in [6, 6.07) is 9.25. The Morgan fingerprint density at radius 3 is 2.38 bits per heavy atom. The highest BCUT2D eigenvalue weighted by molar-refractivity contribution is 7.87. The van der Waals surface area contributed by atoms with E-state index < -0.39 is 15.9 Å². The summed E-state index contributed by atoms with van der Waals surface area (Å²) in [5.74, 6) is -0.246. The highest BCUT2D eigenvalue weighted by Crippen LogP contribution is 2.37. The van der Waals surface area contributed by atoms with Crippen molar-refractivity contribution in [3.63, 3.8) is 0 Å². The third-order valence-corrected chi connectivity index (χ3v) is 6.87. The van der Waals surface area contributed by atoms with Crippen molar-refractivity contribution in [2.45, 2.75) is 49.6 Å². The van der Waals surface area contributed by atoms with E-state index in [2.05, 4.69) is 0 Å². The smallest absolute Gasteiger partial charge is 0.339 e. The highest BCUT2D eigenvalue weighted by Gasteiger charge is 2.38. The highest BCUT2D eigenvalue weighted by atomic mass is 35.5. The van der Waals surface area contributed by atoms with Crippen LogP contribution in [0.4, 0.5) is 4.39 Å². The SMILES string of the molecule is O=C(C1CCC1)N(Cc1cc(Cl)ccc1OS(=O)(=O)c1ccc(F)cc1)C1CC1. The molecule has 8 heteroatoms. The third kappa shape index (κ3) is 4.56. The topological polar surface area (TPSA) is 63.7 Å². The third-order valence-electron chi connectivity index (χ3n) is 5.39. The van der Waals surface area contributed by atoms with Crippen LogP contribution < -0.4 is 4.18 Å². The Bertz CT molecular complexity index is 1020. The molecule has 0 unspecified atom stereocenters. The normalized spacial score (nSPS) is 16.9. The summed E-state index contributed by atoms with van der Waals surface area (Å²) in [4.78, 5) is 14.5. The molecule has 154 valence electrons. The van der Waals surface area contributed by atoms with Crippen LogP contribution in [0.5, 0.6) is 5.75 Å². The van der Waals surface area contributed by atoms with Gasteiger partial charge in [-0.1, -0.05) is 18.0 Å². The number of hydrogen-bond acceptors (Lipinski definition) is 4. The maximum Gasteiger partial charge on any atom is 0.339 e. The van der Waals surface area contributed by atoms with Crippen molar-refractivity contribution in [2.24, 2.45) is 5.92 Å². The minimum Gasteiger partial charge on any atom is -0.379 e. The van der Waals surface area contributed by atoms with Crippen molar-refractivity contribution in [1.29, 1.82) is 0 Å². The van der Waals surface area contributed by atoms with Crippen LogP contribution in [0.15, 0.2) is 47.4 Å². The minimum absolute atomic E-state index is 0.0575. The second kappa shape index (κ2) is 7.95. The first kappa shape index (κ1) is 20.2. The van der Waals surface area contributed by atoms with Crippen LogP contribution in [0.3, 0.4) is 0 Å². The summed E-state index contributed by atoms with van der Waals surface area (Å²) >= 11 is 6.13. The second-order valence-electron chi connectivity index (χ2n) is 7.57. The molecule has 5 nitrogen and oxygen atoms in total. The van der Waals surface area contributed by atoms with Crippen molar-refractivity contribution < 1.29 is 21.8 Å². The summed E-state index contributed by atoms with van der Waals surface area (Å²) in [6.45, 7) is 0.245. The van der Waals surface area contributed by atoms with Gasteiger partial charge in [0.1, 0.15) is 16.5 Å². The molecule has 2 saturated carbocycles. The van der Waals surface area contributed by atoms with Gasteiger partial charge in [0.25, 0.3) is 0 Å². The second-order valence-corrected chi connectivity index (χ2v) is 9.55. The molecule has 29 heavy (non-hydrogen) atoms. The molecule has 2 aromatic rings. The number of hydrogen-bond donors (Lipinski definition) is 0. The Kier molecular flexibility index (Phi) is 5.53. The number of rotatable bonds is 7. The van der Waals surface area contributed by atoms with E-state index in [1.807, 2.05) is 4.90 Å². The molecule has 2 aromatic carbocycles. The van der Waals surface area contributed by atoms with Gasteiger partial charge >= 0.3 is 10.1 Å². The maximum atomic E-state index is 13.1. The molecule has 0 N–H and O–H groups in total. The van der Waals surface area contributed by atoms with Gasteiger partial charge in [-0.3, -0.25) is 4.79 Å². The number of benzene rings is 2. The van der Waals surface area contributed by atoms with Crippen molar-refractivity contribution in [3.8, 4) is 5.75 Å². The molecule has 0 atom stereocenters. The molecule has 4 rings (SSSR count). The molecular weight excluding hydrogens is 417 g/mol. The molecule has 0 saturated heterocycles. The van der Waals surface area contributed by atoms with Gasteiger partial charge in [-0.25, -0.2) is 4.39 Å². The number of nitrogens with zero attached hydrogens (tertiary/aromatic N) is 1. The van der Waals surface area contributed by atoms with Gasteiger partial charge in [-0.15, -0.1) is 0 Å². The lowest BCUT2D eigenvalue weighted by Crippen LogP contribution is -2.40. The molecule has 2 fully saturated rings. The van der Waals surface area contributed by atoms with Crippen LogP contribution in [-0.4, -0.2) is 25.3 Å². The Labute approximate surface area is 174 Å². The van der Waals surface area contributed by atoms with E-state index >= 15 is 0 Å².